The molecule has 10 nitrogen and oxygen atoms in total. The fraction of sp³-hybridized carbons (Fsp3) is 0.424. The molecule has 0 aliphatic carbocycles. The minimum Gasteiger partial charge on any atom is -0.493 e. The number of methoxy groups -OCH3 is 2. The minimum absolute atomic E-state index is 0.0127. The number of rotatable bonds is 13. The highest BCUT2D eigenvalue weighted by Crippen LogP contribution is 2.39. The summed E-state index contributed by atoms with van der Waals surface area (Å²) in [6.45, 7) is 14.8. The molecule has 1 unspecified atom stereocenters. The smallest absolute Gasteiger partial charge is 0.411 e. The van der Waals surface area contributed by atoms with Crippen LogP contribution in [0.3, 0.4) is 0 Å². The van der Waals surface area contributed by atoms with Crippen molar-refractivity contribution < 1.29 is 37.8 Å². The Morgan fingerprint density at radius 3 is 2.41 bits per heavy atom. The van der Waals surface area contributed by atoms with Gasteiger partial charge in [-0.05, 0) is 41.8 Å². The topological polar surface area (TPSA) is 113 Å². The van der Waals surface area contributed by atoms with Gasteiger partial charge in [0.05, 0.1) is 44.5 Å². The molecular weight excluding hydrogens is 580 g/mol. The zero-order valence-electron chi connectivity index (χ0n) is 26.7. The first-order chi connectivity index (χ1) is 20.8. The van der Waals surface area contributed by atoms with Crippen LogP contribution in [0.1, 0.15) is 49.5 Å². The molecule has 3 rings (SSSR count). The first-order valence-corrected chi connectivity index (χ1v) is 17.4. The van der Waals surface area contributed by atoms with E-state index in [-0.39, 0.29) is 48.6 Å². The maximum Gasteiger partial charge on any atom is 0.411 e. The van der Waals surface area contributed by atoms with Gasteiger partial charge in [0, 0.05) is 12.3 Å². The summed E-state index contributed by atoms with van der Waals surface area (Å²) in [4.78, 5) is 40.6. The highest BCUT2D eigenvalue weighted by molar-refractivity contribution is 6.74. The van der Waals surface area contributed by atoms with Gasteiger partial charge in [-0.15, -0.1) is 0 Å². The van der Waals surface area contributed by atoms with Gasteiger partial charge in [-0.1, -0.05) is 63.8 Å². The highest BCUT2D eigenvalue weighted by atomic mass is 28.4. The zero-order chi connectivity index (χ0) is 32.5. The Balaban J connectivity index is 2.01. The lowest BCUT2D eigenvalue weighted by Crippen LogP contribution is -2.45. The van der Waals surface area contributed by atoms with Crippen LogP contribution in [0.25, 0.3) is 0 Å². The Morgan fingerprint density at radius 1 is 1.09 bits per heavy atom. The molecule has 1 aliphatic heterocycles. The van der Waals surface area contributed by atoms with Gasteiger partial charge in [0.15, 0.2) is 19.8 Å². The van der Waals surface area contributed by atoms with Crippen LogP contribution in [0.2, 0.25) is 18.1 Å². The van der Waals surface area contributed by atoms with E-state index in [0.717, 1.165) is 11.1 Å². The number of anilines is 1. The van der Waals surface area contributed by atoms with Crippen LogP contribution in [-0.4, -0.2) is 64.7 Å². The molecule has 2 aromatic rings. The number of hydrogen-bond donors (Lipinski definition) is 1. The van der Waals surface area contributed by atoms with Gasteiger partial charge >= 0.3 is 12.1 Å². The van der Waals surface area contributed by atoms with Gasteiger partial charge in [-0.2, -0.15) is 0 Å². The third-order valence-corrected chi connectivity index (χ3v) is 12.3. The van der Waals surface area contributed by atoms with Gasteiger partial charge in [-0.25, -0.2) is 4.79 Å². The number of carbonyl (C=O) groups is 3. The predicted octanol–water partition coefficient (Wildman–Crippen LogP) is 6.69. The molecule has 44 heavy (non-hydrogen) atoms. The summed E-state index contributed by atoms with van der Waals surface area (Å²) in [5, 5.41) is 2.64. The first-order valence-electron chi connectivity index (χ1n) is 14.5. The second kappa shape index (κ2) is 15.1. The average molecular weight is 625 g/mol. The number of nitrogens with zero attached hydrogens (tertiary/aromatic N) is 1. The van der Waals surface area contributed by atoms with Crippen LogP contribution in [0.5, 0.6) is 11.5 Å². The summed E-state index contributed by atoms with van der Waals surface area (Å²) in [5.74, 6) is -0.182. The normalized spacial score (nSPS) is 14.8. The van der Waals surface area contributed by atoms with Crippen molar-refractivity contribution in [3.63, 3.8) is 0 Å². The molecule has 0 spiro atoms. The number of esters is 1. The van der Waals surface area contributed by atoms with Crippen molar-refractivity contribution in [2.75, 3.05) is 32.8 Å². The van der Waals surface area contributed by atoms with Crippen LogP contribution in [0, 0.1) is 0 Å². The molecule has 1 heterocycles. The van der Waals surface area contributed by atoms with Crippen LogP contribution in [-0.2, 0) is 25.3 Å². The molecule has 11 heteroatoms. The van der Waals surface area contributed by atoms with Crippen LogP contribution in [0.15, 0.2) is 66.9 Å². The van der Waals surface area contributed by atoms with E-state index >= 15 is 0 Å². The average Bonchev–Trinajstić information content (AvgIpc) is 3.39. The Labute approximate surface area is 261 Å². The summed E-state index contributed by atoms with van der Waals surface area (Å²) in [6.07, 6.45) is 2.84. The molecule has 1 aliphatic rings. The fourth-order valence-corrected chi connectivity index (χ4v) is 5.33. The van der Waals surface area contributed by atoms with Crippen molar-refractivity contribution in [1.82, 2.24) is 4.90 Å². The number of ether oxygens (including phenoxy) is 4. The highest BCUT2D eigenvalue weighted by Gasteiger charge is 2.40. The Morgan fingerprint density at radius 2 is 1.80 bits per heavy atom. The van der Waals surface area contributed by atoms with Crippen molar-refractivity contribution in [3.8, 4) is 11.5 Å². The Hall–Kier alpha value is -4.09. The number of carbonyl (C=O) groups excluding carboxylic acids is 3. The second-order valence-corrected chi connectivity index (χ2v) is 16.8. The molecule has 2 aromatic carbocycles. The molecule has 0 fully saturated rings. The molecule has 0 aromatic heterocycles. The Kier molecular flexibility index (Phi) is 11.8. The molecule has 0 radical (unpaired) electrons. The first kappa shape index (κ1) is 34.4. The molecule has 2 amide bonds. The van der Waals surface area contributed by atoms with Gasteiger partial charge in [0.1, 0.15) is 13.2 Å². The maximum absolute atomic E-state index is 14.3. The molecule has 0 bridgehead atoms. The van der Waals surface area contributed by atoms with Gasteiger partial charge < -0.3 is 28.3 Å². The van der Waals surface area contributed by atoms with Crippen LogP contribution >= 0.6 is 0 Å². The van der Waals surface area contributed by atoms with Crippen molar-refractivity contribution in [2.45, 2.75) is 64.4 Å². The fourth-order valence-electron chi connectivity index (χ4n) is 4.28. The maximum atomic E-state index is 14.3. The van der Waals surface area contributed by atoms with Crippen molar-refractivity contribution in [2.24, 2.45) is 0 Å². The summed E-state index contributed by atoms with van der Waals surface area (Å²) in [7, 11) is 0.653. The number of benzene rings is 2. The number of hydrogen-bond acceptors (Lipinski definition) is 8. The van der Waals surface area contributed by atoms with E-state index in [9.17, 15) is 14.4 Å². The summed E-state index contributed by atoms with van der Waals surface area (Å²) >= 11 is 0. The lowest BCUT2D eigenvalue weighted by Gasteiger charge is -2.38. The summed E-state index contributed by atoms with van der Waals surface area (Å²) < 4.78 is 28.2. The monoisotopic (exact) mass is 624 g/mol. The third-order valence-electron chi connectivity index (χ3n) is 7.83. The molecular formula is C33H44N2O8Si. The predicted molar refractivity (Wildman–Crippen MR) is 171 cm³/mol. The number of amides is 2. The molecule has 1 N–H and O–H groups in total. The van der Waals surface area contributed by atoms with Crippen molar-refractivity contribution in [3.05, 3.63) is 78.0 Å². The lowest BCUT2D eigenvalue weighted by atomic mass is 10.1. The van der Waals surface area contributed by atoms with Crippen LogP contribution in [0.4, 0.5) is 10.5 Å². The molecule has 238 valence electrons. The zero-order valence-corrected chi connectivity index (χ0v) is 27.7. The quantitative estimate of drug-likeness (QED) is 0.149. The number of nitrogens with one attached hydrogen (secondary N) is 1. The standard InChI is InChI=1S/C33H44N2O8Si/c1-9-15-41-32(38)34-27-19-29(42-21-23-13-11-10-12-14-23)28(39-5)18-26(27)31(37)35-20-24(17-30(36)40-6)16-25(35)22-43-44(7,8)33(2,3)4/h9-14,18-20,25H,1,15-17,21-22H2,2-8H3,(H,34,38). The summed E-state index contributed by atoms with van der Waals surface area (Å²) in [6, 6.07) is 12.3. The molecule has 0 saturated carbocycles. The molecule has 1 atom stereocenters. The molecule has 0 saturated heterocycles. The van der Waals surface area contributed by atoms with E-state index in [1.807, 2.05) is 30.3 Å². The minimum atomic E-state index is -2.15. The van der Waals surface area contributed by atoms with E-state index in [4.69, 9.17) is 23.4 Å². The van der Waals surface area contributed by atoms with Gasteiger partial charge in [-0.3, -0.25) is 14.9 Å². The van der Waals surface area contributed by atoms with Gasteiger partial charge in [0.25, 0.3) is 5.91 Å². The SMILES string of the molecule is C=CCOC(=O)Nc1cc(OCc2ccccc2)c(OC)cc1C(=O)N1C=C(CC(=O)OC)CC1CO[Si](C)(C)C(C)(C)C. The summed E-state index contributed by atoms with van der Waals surface area (Å²) in [5.41, 5.74) is 1.99. The van der Waals surface area contributed by atoms with E-state index in [1.165, 1.54) is 26.4 Å². The van der Waals surface area contributed by atoms with Crippen molar-refractivity contribution in [1.29, 1.82) is 0 Å². The van der Waals surface area contributed by atoms with E-state index in [0.29, 0.717) is 17.9 Å². The van der Waals surface area contributed by atoms with Gasteiger partial charge in [0.2, 0.25) is 0 Å². The Bertz CT molecular complexity index is 1370. The van der Waals surface area contributed by atoms with E-state index < -0.39 is 26.3 Å². The third kappa shape index (κ3) is 8.96. The lowest BCUT2D eigenvalue weighted by molar-refractivity contribution is -0.139. The largest absolute Gasteiger partial charge is 0.493 e. The van der Waals surface area contributed by atoms with Crippen molar-refractivity contribution >= 4 is 32.0 Å². The van der Waals surface area contributed by atoms with E-state index in [2.05, 4.69) is 45.8 Å². The van der Waals surface area contributed by atoms with E-state index in [1.54, 1.807) is 17.2 Å². The van der Waals surface area contributed by atoms with Crippen LogP contribution < -0.4 is 14.8 Å². The second-order valence-electron chi connectivity index (χ2n) is 12.0.